The van der Waals surface area contributed by atoms with Gasteiger partial charge in [0.25, 0.3) is 11.5 Å². The Morgan fingerprint density at radius 1 is 1.36 bits per heavy atom. The van der Waals surface area contributed by atoms with E-state index in [2.05, 4.69) is 15.2 Å². The Morgan fingerprint density at radius 3 is 2.92 bits per heavy atom. The van der Waals surface area contributed by atoms with Gasteiger partial charge in [0.15, 0.2) is 0 Å². The molecule has 134 valence electrons. The fourth-order valence-corrected chi connectivity index (χ4v) is 3.09. The third-order valence-corrected chi connectivity index (χ3v) is 4.45. The molecule has 0 saturated carbocycles. The molecule has 2 aromatic rings. The van der Waals surface area contributed by atoms with Crippen molar-refractivity contribution in [2.75, 3.05) is 39.4 Å². The van der Waals surface area contributed by atoms with Crippen LogP contribution in [0.15, 0.2) is 29.2 Å². The third kappa shape index (κ3) is 4.05. The van der Waals surface area contributed by atoms with Gasteiger partial charge < -0.3 is 10.1 Å². The molecule has 0 unspecified atom stereocenters. The third-order valence-electron chi connectivity index (χ3n) is 4.45. The highest BCUT2D eigenvalue weighted by atomic mass is 16.5. The van der Waals surface area contributed by atoms with E-state index in [0.29, 0.717) is 18.7 Å². The number of rotatable bonds is 6. The van der Waals surface area contributed by atoms with Crippen molar-refractivity contribution >= 4 is 16.9 Å². The van der Waals surface area contributed by atoms with Crippen LogP contribution < -0.4 is 10.9 Å². The van der Waals surface area contributed by atoms with Gasteiger partial charge in [-0.15, -0.1) is 0 Å². The number of carbonyl (C=O) groups excluding carboxylic acids is 1. The molecule has 7 nitrogen and oxygen atoms in total. The molecule has 0 atom stereocenters. The Hall–Kier alpha value is -2.25. The van der Waals surface area contributed by atoms with Gasteiger partial charge in [-0.1, -0.05) is 0 Å². The second kappa shape index (κ2) is 8.22. The van der Waals surface area contributed by atoms with Crippen LogP contribution in [0.1, 0.15) is 23.7 Å². The first-order chi connectivity index (χ1) is 12.2. The second-order valence-corrected chi connectivity index (χ2v) is 6.09. The minimum absolute atomic E-state index is 0.175. The number of fused-ring (bicyclic) bond motifs is 1. The summed E-state index contributed by atoms with van der Waals surface area (Å²) in [7, 11) is 0. The molecule has 1 aliphatic rings. The maximum atomic E-state index is 12.6. The van der Waals surface area contributed by atoms with Crippen molar-refractivity contribution in [1.29, 1.82) is 0 Å². The molecular formula is C18H24N4O3. The number of hydrogen-bond acceptors (Lipinski definition) is 5. The van der Waals surface area contributed by atoms with E-state index in [1.807, 2.05) is 13.0 Å². The molecule has 25 heavy (non-hydrogen) atoms. The average Bonchev–Trinajstić information content (AvgIpc) is 2.65. The first-order valence-electron chi connectivity index (χ1n) is 8.77. The van der Waals surface area contributed by atoms with Crippen LogP contribution in [0, 0.1) is 0 Å². The zero-order valence-electron chi connectivity index (χ0n) is 14.5. The predicted octanol–water partition coefficient (Wildman–Crippen LogP) is 0.869. The number of aryl methyl sites for hydroxylation is 1. The molecule has 0 aliphatic carbocycles. The Balaban J connectivity index is 1.65. The molecule has 3 rings (SSSR count). The van der Waals surface area contributed by atoms with E-state index in [1.165, 1.54) is 4.57 Å². The van der Waals surface area contributed by atoms with Gasteiger partial charge in [0.2, 0.25) is 0 Å². The highest BCUT2D eigenvalue weighted by molar-refractivity contribution is 5.96. The normalized spacial score (nSPS) is 15.4. The van der Waals surface area contributed by atoms with Gasteiger partial charge in [-0.25, -0.2) is 4.98 Å². The van der Waals surface area contributed by atoms with Crippen molar-refractivity contribution in [1.82, 2.24) is 19.8 Å². The van der Waals surface area contributed by atoms with Crippen LogP contribution in [0.4, 0.5) is 0 Å². The molecule has 1 amide bonds. The molecule has 0 bridgehead atoms. The van der Waals surface area contributed by atoms with Crippen molar-refractivity contribution in [3.05, 3.63) is 40.3 Å². The molecule has 1 saturated heterocycles. The summed E-state index contributed by atoms with van der Waals surface area (Å²) in [5.74, 6) is -0.320. The lowest BCUT2D eigenvalue weighted by Gasteiger charge is -2.26. The van der Waals surface area contributed by atoms with Crippen LogP contribution in [0.3, 0.4) is 0 Å². The van der Waals surface area contributed by atoms with Crippen molar-refractivity contribution in [3.63, 3.8) is 0 Å². The fraction of sp³-hybridized carbons (Fsp3) is 0.500. The smallest absolute Gasteiger partial charge is 0.265 e. The number of nitrogens with one attached hydrogen (secondary N) is 1. The summed E-state index contributed by atoms with van der Waals surface area (Å²) in [6, 6.07) is 5.30. The van der Waals surface area contributed by atoms with Gasteiger partial charge in [-0.3, -0.25) is 19.1 Å². The molecule has 3 heterocycles. The summed E-state index contributed by atoms with van der Waals surface area (Å²) in [4.78, 5) is 31.6. The van der Waals surface area contributed by atoms with Crippen LogP contribution in [-0.2, 0) is 11.3 Å². The molecule has 7 heteroatoms. The Bertz CT molecular complexity index is 796. The van der Waals surface area contributed by atoms with Crippen LogP contribution in [-0.4, -0.2) is 59.8 Å². The minimum atomic E-state index is -0.320. The maximum Gasteiger partial charge on any atom is 0.265 e. The number of hydrogen-bond donors (Lipinski definition) is 1. The Morgan fingerprint density at radius 2 is 2.16 bits per heavy atom. The lowest BCUT2D eigenvalue weighted by Crippen LogP contribution is -2.38. The van der Waals surface area contributed by atoms with Gasteiger partial charge in [-0.05, 0) is 38.1 Å². The molecular weight excluding hydrogens is 320 g/mol. The highest BCUT2D eigenvalue weighted by Gasteiger charge is 2.15. The maximum absolute atomic E-state index is 12.6. The largest absolute Gasteiger partial charge is 0.379 e. The average molecular weight is 344 g/mol. The zero-order chi connectivity index (χ0) is 17.6. The van der Waals surface area contributed by atoms with Crippen LogP contribution >= 0.6 is 0 Å². The molecule has 0 spiro atoms. The van der Waals surface area contributed by atoms with Crippen LogP contribution in [0.2, 0.25) is 0 Å². The lowest BCUT2D eigenvalue weighted by molar-refractivity contribution is 0.0374. The van der Waals surface area contributed by atoms with E-state index >= 15 is 0 Å². The molecule has 0 aromatic carbocycles. The number of nitrogens with zero attached hydrogens (tertiary/aromatic N) is 3. The predicted molar refractivity (Wildman–Crippen MR) is 95.9 cm³/mol. The van der Waals surface area contributed by atoms with E-state index in [0.717, 1.165) is 44.7 Å². The van der Waals surface area contributed by atoms with E-state index in [1.54, 1.807) is 18.3 Å². The number of ether oxygens (including phenoxy) is 1. The monoisotopic (exact) mass is 344 g/mol. The number of amides is 1. The lowest BCUT2D eigenvalue weighted by atomic mass is 10.2. The zero-order valence-corrected chi connectivity index (χ0v) is 14.5. The van der Waals surface area contributed by atoms with Crippen LogP contribution in [0.5, 0.6) is 0 Å². The van der Waals surface area contributed by atoms with E-state index in [4.69, 9.17) is 4.74 Å². The quantitative estimate of drug-likeness (QED) is 0.787. The van der Waals surface area contributed by atoms with E-state index in [9.17, 15) is 9.59 Å². The molecule has 2 aromatic heterocycles. The van der Waals surface area contributed by atoms with Gasteiger partial charge in [0, 0.05) is 37.8 Å². The van der Waals surface area contributed by atoms with Gasteiger partial charge in [0.1, 0.15) is 11.2 Å². The van der Waals surface area contributed by atoms with Crippen molar-refractivity contribution in [3.8, 4) is 0 Å². The molecule has 1 N–H and O–H groups in total. The summed E-state index contributed by atoms with van der Waals surface area (Å²) in [5.41, 5.74) is 0.493. The summed E-state index contributed by atoms with van der Waals surface area (Å²) < 4.78 is 6.86. The highest BCUT2D eigenvalue weighted by Crippen LogP contribution is 2.10. The first-order valence-corrected chi connectivity index (χ1v) is 8.77. The Kier molecular flexibility index (Phi) is 5.78. The second-order valence-electron chi connectivity index (χ2n) is 6.09. The van der Waals surface area contributed by atoms with Crippen molar-refractivity contribution < 1.29 is 9.53 Å². The van der Waals surface area contributed by atoms with Gasteiger partial charge in [-0.2, -0.15) is 0 Å². The van der Waals surface area contributed by atoms with Gasteiger partial charge >= 0.3 is 0 Å². The number of carbonyl (C=O) groups is 1. The summed E-state index contributed by atoms with van der Waals surface area (Å²) >= 11 is 0. The Labute approximate surface area is 146 Å². The standard InChI is InChI=1S/C18H24N4O3/c1-2-22-16-14(5-3-6-19-16)13-15(18(22)24)17(23)20-7-4-8-21-9-11-25-12-10-21/h3,5-6,13H,2,4,7-12H2,1H3,(H,20,23). The van der Waals surface area contributed by atoms with E-state index in [-0.39, 0.29) is 17.0 Å². The first kappa shape index (κ1) is 17.6. The van der Waals surface area contributed by atoms with Crippen LogP contribution in [0.25, 0.3) is 11.0 Å². The topological polar surface area (TPSA) is 76.5 Å². The molecule has 1 fully saturated rings. The number of morpholine rings is 1. The molecule has 0 radical (unpaired) electrons. The van der Waals surface area contributed by atoms with Gasteiger partial charge in [0.05, 0.1) is 13.2 Å². The minimum Gasteiger partial charge on any atom is -0.379 e. The number of pyridine rings is 2. The van der Waals surface area contributed by atoms with Crippen molar-refractivity contribution in [2.45, 2.75) is 19.9 Å². The summed E-state index contributed by atoms with van der Waals surface area (Å²) in [6.07, 6.45) is 2.50. The SMILES string of the molecule is CCn1c(=O)c(C(=O)NCCCN2CCOCC2)cc2cccnc21. The summed E-state index contributed by atoms with van der Waals surface area (Å²) in [6.45, 7) is 7.24. The van der Waals surface area contributed by atoms with Crippen molar-refractivity contribution in [2.24, 2.45) is 0 Å². The fourth-order valence-electron chi connectivity index (χ4n) is 3.09. The van der Waals surface area contributed by atoms with E-state index < -0.39 is 0 Å². The number of aromatic nitrogens is 2. The molecule has 1 aliphatic heterocycles. The summed E-state index contributed by atoms with van der Waals surface area (Å²) in [5, 5.41) is 3.66.